The van der Waals surface area contributed by atoms with Gasteiger partial charge in [-0.2, -0.15) is 26.3 Å². The number of nitrogens with one attached hydrogen (secondary N) is 1. The highest BCUT2D eigenvalue weighted by atomic mass is 19.4. The van der Waals surface area contributed by atoms with Gasteiger partial charge in [-0.15, -0.1) is 0 Å². The number of hydrogen-bond acceptors (Lipinski definition) is 3. The van der Waals surface area contributed by atoms with Gasteiger partial charge in [-0.25, -0.2) is 4.98 Å². The molecule has 0 aliphatic carbocycles. The number of aromatic amines is 1. The Balaban J connectivity index is 1.54. The summed E-state index contributed by atoms with van der Waals surface area (Å²) >= 11 is 0. The molecule has 0 aliphatic rings. The number of fused-ring (bicyclic) bond motifs is 1. The molecule has 4 nitrogen and oxygen atoms in total. The van der Waals surface area contributed by atoms with Gasteiger partial charge in [-0.3, -0.25) is 0 Å². The highest BCUT2D eigenvalue weighted by molar-refractivity contribution is 5.83. The standard InChI is InChI=1S/C26H18F6N2O2/c1-15(35)19-4-2-3-5-20(19)17-9-12-21-22(14-17)34-23(33-21)13-8-16-6-10-18(11-7-16)36-24(25(27,28)29)26(30,31)32/h2-7,9-12,14-15,24,35H,1H3,(H,33,34). The molecule has 0 bridgehead atoms. The topological polar surface area (TPSA) is 58.1 Å². The van der Waals surface area contributed by atoms with Gasteiger partial charge in [0.05, 0.1) is 17.1 Å². The third-order valence-electron chi connectivity index (χ3n) is 5.23. The predicted octanol–water partition coefficient (Wildman–Crippen LogP) is 6.56. The summed E-state index contributed by atoms with van der Waals surface area (Å²) in [4.78, 5) is 7.45. The molecular formula is C26H18F6N2O2. The summed E-state index contributed by atoms with van der Waals surface area (Å²) in [6.45, 7) is 1.69. The molecule has 1 unspecified atom stereocenters. The zero-order valence-electron chi connectivity index (χ0n) is 18.6. The number of hydrogen-bond donors (Lipinski definition) is 2. The van der Waals surface area contributed by atoms with Crippen molar-refractivity contribution >= 4 is 11.0 Å². The zero-order chi connectivity index (χ0) is 26.1. The van der Waals surface area contributed by atoms with Crippen LogP contribution in [0.1, 0.15) is 30.0 Å². The van der Waals surface area contributed by atoms with Gasteiger partial charge < -0.3 is 14.8 Å². The number of ether oxygens (including phenoxy) is 1. The molecule has 3 aromatic carbocycles. The van der Waals surface area contributed by atoms with Crippen LogP contribution in [0.4, 0.5) is 26.3 Å². The molecule has 1 atom stereocenters. The normalized spacial score (nSPS) is 12.9. The summed E-state index contributed by atoms with van der Waals surface area (Å²) < 4.78 is 80.1. The fraction of sp³-hybridized carbons (Fsp3) is 0.192. The molecule has 4 rings (SSSR count). The Bertz CT molecular complexity index is 1410. The molecule has 0 saturated carbocycles. The van der Waals surface area contributed by atoms with Crippen molar-refractivity contribution in [3.63, 3.8) is 0 Å². The Hall–Kier alpha value is -3.97. The summed E-state index contributed by atoms with van der Waals surface area (Å²) in [5.41, 5.74) is 4.20. The van der Waals surface area contributed by atoms with Gasteiger partial charge in [0.15, 0.2) is 5.82 Å². The Morgan fingerprint density at radius 3 is 2.19 bits per heavy atom. The van der Waals surface area contributed by atoms with Gasteiger partial charge in [-0.05, 0) is 65.9 Å². The van der Waals surface area contributed by atoms with E-state index in [1.807, 2.05) is 36.4 Å². The van der Waals surface area contributed by atoms with Crippen LogP contribution in [0, 0.1) is 11.8 Å². The van der Waals surface area contributed by atoms with Crippen LogP contribution in [0.25, 0.3) is 22.2 Å². The second kappa shape index (κ2) is 9.59. The SMILES string of the molecule is CC(O)c1ccccc1-c1ccc2nc(C#Cc3ccc(OC(C(F)(F)F)C(F)(F)F)cc3)[nH]c2c1. The number of benzene rings is 3. The number of aliphatic hydroxyl groups excluding tert-OH is 1. The van der Waals surface area contributed by atoms with Crippen LogP contribution in [0.2, 0.25) is 0 Å². The van der Waals surface area contributed by atoms with Crippen molar-refractivity contribution < 1.29 is 36.2 Å². The van der Waals surface area contributed by atoms with Crippen molar-refractivity contribution in [2.75, 3.05) is 0 Å². The zero-order valence-corrected chi connectivity index (χ0v) is 18.6. The van der Waals surface area contributed by atoms with Gasteiger partial charge >= 0.3 is 12.4 Å². The molecule has 0 fully saturated rings. The smallest absolute Gasteiger partial charge is 0.434 e. The quantitative estimate of drug-likeness (QED) is 0.245. The largest absolute Gasteiger partial charge is 0.471 e. The Kier molecular flexibility index (Phi) is 6.69. The van der Waals surface area contributed by atoms with Gasteiger partial charge in [0.25, 0.3) is 6.10 Å². The Labute approximate surface area is 201 Å². The number of rotatable bonds is 4. The summed E-state index contributed by atoms with van der Waals surface area (Å²) in [6.07, 6.45) is -15.8. The van der Waals surface area contributed by atoms with Crippen molar-refractivity contribution in [1.29, 1.82) is 0 Å². The average molecular weight is 504 g/mol. The molecule has 10 heteroatoms. The van der Waals surface area contributed by atoms with Crippen LogP contribution in [0.3, 0.4) is 0 Å². The second-order valence-corrected chi connectivity index (χ2v) is 7.94. The van der Waals surface area contributed by atoms with Gasteiger partial charge in [-0.1, -0.05) is 36.3 Å². The van der Waals surface area contributed by atoms with E-state index in [9.17, 15) is 31.4 Å². The fourth-order valence-electron chi connectivity index (χ4n) is 3.56. The third-order valence-corrected chi connectivity index (χ3v) is 5.23. The maximum Gasteiger partial charge on any atom is 0.434 e. The lowest BCUT2D eigenvalue weighted by atomic mass is 9.96. The lowest BCUT2D eigenvalue weighted by Gasteiger charge is -2.23. The first kappa shape index (κ1) is 25.1. The molecule has 1 heterocycles. The molecule has 0 spiro atoms. The summed E-state index contributed by atoms with van der Waals surface area (Å²) in [7, 11) is 0. The Morgan fingerprint density at radius 2 is 1.56 bits per heavy atom. The summed E-state index contributed by atoms with van der Waals surface area (Å²) in [5.74, 6) is 5.28. The average Bonchev–Trinajstić information content (AvgIpc) is 3.22. The van der Waals surface area contributed by atoms with Crippen LogP contribution >= 0.6 is 0 Å². The van der Waals surface area contributed by atoms with Gasteiger partial charge in [0, 0.05) is 5.56 Å². The molecule has 4 aromatic rings. The van der Waals surface area contributed by atoms with Crippen LogP contribution in [-0.2, 0) is 0 Å². The first-order chi connectivity index (χ1) is 16.9. The van der Waals surface area contributed by atoms with Crippen molar-refractivity contribution in [2.24, 2.45) is 0 Å². The highest BCUT2D eigenvalue weighted by Gasteiger charge is 2.59. The van der Waals surface area contributed by atoms with Crippen LogP contribution in [0.15, 0.2) is 66.7 Å². The molecule has 0 amide bonds. The first-order valence-electron chi connectivity index (χ1n) is 10.6. The van der Waals surface area contributed by atoms with Crippen molar-refractivity contribution in [2.45, 2.75) is 31.5 Å². The van der Waals surface area contributed by atoms with E-state index in [0.717, 1.165) is 28.8 Å². The van der Waals surface area contributed by atoms with E-state index in [2.05, 4.69) is 26.5 Å². The molecular weight excluding hydrogens is 486 g/mol. The molecule has 0 saturated heterocycles. The second-order valence-electron chi connectivity index (χ2n) is 7.94. The van der Waals surface area contributed by atoms with E-state index in [-0.39, 0.29) is 0 Å². The minimum atomic E-state index is -5.60. The van der Waals surface area contributed by atoms with Crippen LogP contribution < -0.4 is 4.74 Å². The fourth-order valence-corrected chi connectivity index (χ4v) is 3.56. The molecule has 186 valence electrons. The minimum Gasteiger partial charge on any atom is -0.471 e. The number of halogens is 6. The van der Waals surface area contributed by atoms with E-state index in [1.54, 1.807) is 13.0 Å². The van der Waals surface area contributed by atoms with E-state index in [4.69, 9.17) is 0 Å². The van der Waals surface area contributed by atoms with E-state index >= 15 is 0 Å². The summed E-state index contributed by atoms with van der Waals surface area (Å²) in [5, 5.41) is 10.0. The monoisotopic (exact) mass is 504 g/mol. The van der Waals surface area contributed by atoms with Crippen molar-refractivity contribution in [3.8, 4) is 28.7 Å². The molecule has 0 radical (unpaired) electrons. The number of aliphatic hydroxyl groups is 1. The number of alkyl halides is 6. The van der Waals surface area contributed by atoms with E-state index in [1.165, 1.54) is 12.1 Å². The van der Waals surface area contributed by atoms with Crippen molar-refractivity contribution in [3.05, 3.63) is 83.7 Å². The van der Waals surface area contributed by atoms with Gasteiger partial charge in [0.1, 0.15) is 5.75 Å². The molecule has 36 heavy (non-hydrogen) atoms. The molecule has 2 N–H and O–H groups in total. The lowest BCUT2D eigenvalue weighted by Crippen LogP contribution is -2.46. The lowest BCUT2D eigenvalue weighted by molar-refractivity contribution is -0.299. The maximum absolute atomic E-state index is 12.7. The van der Waals surface area contributed by atoms with Crippen LogP contribution in [-0.4, -0.2) is 33.5 Å². The van der Waals surface area contributed by atoms with Crippen LogP contribution in [0.5, 0.6) is 5.75 Å². The molecule has 1 aromatic heterocycles. The minimum absolute atomic E-state index is 0.320. The Morgan fingerprint density at radius 1 is 0.889 bits per heavy atom. The predicted molar refractivity (Wildman–Crippen MR) is 121 cm³/mol. The third kappa shape index (κ3) is 5.63. The van der Waals surface area contributed by atoms with Gasteiger partial charge in [0.2, 0.25) is 0 Å². The molecule has 0 aliphatic heterocycles. The number of imidazole rings is 1. The van der Waals surface area contributed by atoms with E-state index < -0.39 is 30.3 Å². The van der Waals surface area contributed by atoms with Crippen molar-refractivity contribution in [1.82, 2.24) is 9.97 Å². The number of aromatic nitrogens is 2. The first-order valence-corrected chi connectivity index (χ1v) is 10.6. The number of H-pyrrole nitrogens is 1. The van der Waals surface area contributed by atoms with E-state index in [0.29, 0.717) is 22.4 Å². The highest BCUT2D eigenvalue weighted by Crippen LogP contribution is 2.36. The number of nitrogens with zero attached hydrogens (tertiary/aromatic N) is 1. The summed E-state index contributed by atoms with van der Waals surface area (Å²) in [6, 6.07) is 17.5. The maximum atomic E-state index is 12.7.